The normalized spacial score (nSPS) is 26.7. The van der Waals surface area contributed by atoms with Crippen LogP contribution in [0.3, 0.4) is 0 Å². The maximum Gasteiger partial charge on any atom is 0.260 e. The van der Waals surface area contributed by atoms with Crippen molar-refractivity contribution in [2.45, 2.75) is 61.9 Å². The van der Waals surface area contributed by atoms with Gasteiger partial charge in [-0.05, 0) is 58.2 Å². The number of rotatable bonds is 4. The zero-order valence-electron chi connectivity index (χ0n) is 17.6. The molecule has 3 N–H and O–H groups in total. The minimum Gasteiger partial charge on any atom is -0.388 e. The van der Waals surface area contributed by atoms with E-state index in [0.29, 0.717) is 38.4 Å². The van der Waals surface area contributed by atoms with Gasteiger partial charge in [-0.25, -0.2) is 13.8 Å². The maximum atomic E-state index is 14.2. The Morgan fingerprint density at radius 2 is 2.07 bits per heavy atom. The van der Waals surface area contributed by atoms with Crippen LogP contribution in [0, 0.1) is 0 Å². The zero-order chi connectivity index (χ0) is 21.7. The summed E-state index contributed by atoms with van der Waals surface area (Å²) >= 11 is 0. The molecule has 30 heavy (non-hydrogen) atoms. The lowest BCUT2D eigenvalue weighted by molar-refractivity contribution is 0.0256. The first-order chi connectivity index (χ1) is 14.0. The van der Waals surface area contributed by atoms with Crippen molar-refractivity contribution >= 4 is 32.7 Å². The third kappa shape index (κ3) is 3.85. The molecule has 0 amide bonds. The van der Waals surface area contributed by atoms with Gasteiger partial charge in [-0.3, -0.25) is 9.36 Å². The molecule has 11 heteroatoms. The van der Waals surface area contributed by atoms with Crippen molar-refractivity contribution in [2.75, 3.05) is 18.4 Å². The molecule has 2 aromatic rings. The predicted octanol–water partition coefficient (Wildman–Crippen LogP) is 0.0746. The quantitative estimate of drug-likeness (QED) is 0.611. The van der Waals surface area contributed by atoms with Crippen LogP contribution in [-0.4, -0.2) is 59.5 Å². The number of pyridine rings is 1. The van der Waals surface area contributed by atoms with Gasteiger partial charge in [0, 0.05) is 17.0 Å². The summed E-state index contributed by atoms with van der Waals surface area (Å²) in [7, 11) is 2.80. The van der Waals surface area contributed by atoms with E-state index >= 15 is 0 Å². The van der Waals surface area contributed by atoms with Crippen LogP contribution in [0.15, 0.2) is 17.1 Å². The number of aliphatic hydroxyl groups is 1. The minimum atomic E-state index is -3.31. The topological polar surface area (TPSA) is 92.1 Å². The van der Waals surface area contributed by atoms with Crippen molar-refractivity contribution in [1.29, 1.82) is 0 Å². The lowest BCUT2D eigenvalue weighted by Gasteiger charge is -2.35. The van der Waals surface area contributed by atoms with Gasteiger partial charge < -0.3 is 15.7 Å². The second-order valence-electron chi connectivity index (χ2n) is 9.29. The van der Waals surface area contributed by atoms with Crippen LogP contribution in [0.1, 0.15) is 50.6 Å². The van der Waals surface area contributed by atoms with Crippen LogP contribution in [0.2, 0.25) is 0 Å². The highest BCUT2D eigenvalue weighted by Crippen LogP contribution is 2.40. The highest BCUT2D eigenvalue weighted by molar-refractivity contribution is 6.17. The van der Waals surface area contributed by atoms with E-state index in [-0.39, 0.29) is 11.1 Å². The number of anilines is 1. The Hall–Kier alpha value is -2.00. The number of hydrogen-bond donors (Lipinski definition) is 3. The number of halogens is 2. The third-order valence-corrected chi connectivity index (χ3v) is 6.56. The van der Waals surface area contributed by atoms with Gasteiger partial charge in [-0.1, -0.05) is 0 Å². The van der Waals surface area contributed by atoms with Gasteiger partial charge in [-0.15, -0.1) is 0 Å². The molecule has 2 aromatic heterocycles. The summed E-state index contributed by atoms with van der Waals surface area (Å²) in [5.41, 5.74) is -2.50. The Morgan fingerprint density at radius 1 is 1.37 bits per heavy atom. The van der Waals surface area contributed by atoms with Gasteiger partial charge in [0.1, 0.15) is 13.5 Å². The van der Waals surface area contributed by atoms with Crippen molar-refractivity contribution in [3.05, 3.63) is 28.2 Å². The molecular formula is C19H27B2F2N5O2. The lowest BCUT2D eigenvalue weighted by atomic mass is 9.71. The zero-order valence-corrected chi connectivity index (χ0v) is 17.6. The monoisotopic (exact) mass is 417 g/mol. The van der Waals surface area contributed by atoms with Crippen LogP contribution < -0.4 is 16.2 Å². The van der Waals surface area contributed by atoms with Gasteiger partial charge in [0.25, 0.3) is 5.56 Å². The van der Waals surface area contributed by atoms with E-state index in [1.807, 2.05) is 0 Å². The molecule has 7 nitrogen and oxygen atoms in total. The van der Waals surface area contributed by atoms with E-state index in [1.165, 1.54) is 16.8 Å². The average molecular weight is 417 g/mol. The second kappa shape index (κ2) is 7.30. The first-order valence-electron chi connectivity index (χ1n) is 10.5. The number of aromatic nitrogens is 3. The SMILES string of the molecule is BC1(Nc2ncc3cc(C(B)(F)F)c(=O)n([C@@H]4CCC[C@@]4(C)O)c3n2)CCNCC1. The number of alkyl halides is 2. The van der Waals surface area contributed by atoms with Gasteiger partial charge >= 0.3 is 0 Å². The van der Waals surface area contributed by atoms with Crippen molar-refractivity contribution < 1.29 is 13.9 Å². The average Bonchev–Trinajstić information content (AvgIpc) is 2.99. The molecule has 0 bridgehead atoms. The fourth-order valence-corrected chi connectivity index (χ4v) is 4.70. The van der Waals surface area contributed by atoms with Crippen molar-refractivity contribution in [3.8, 4) is 0 Å². The summed E-state index contributed by atoms with van der Waals surface area (Å²) in [4.78, 5) is 22.1. The fourth-order valence-electron chi connectivity index (χ4n) is 4.70. The molecule has 2 atom stereocenters. The molecule has 0 unspecified atom stereocenters. The lowest BCUT2D eigenvalue weighted by Crippen LogP contribution is -2.48. The molecular weight excluding hydrogens is 390 g/mol. The molecule has 1 saturated carbocycles. The van der Waals surface area contributed by atoms with Crippen LogP contribution in [0.4, 0.5) is 14.7 Å². The van der Waals surface area contributed by atoms with Gasteiger partial charge in [0.05, 0.1) is 17.2 Å². The standard InChI is InChI=1S/C19H27B2F2N5O2/c1-17(30)4-2-3-13(17)28-14-11(9-12(15(28)29)19(21,22)23)10-25-16(26-14)27-18(20)5-7-24-8-6-18/h9-10,13,24,30H,2-8,20-21H2,1H3,(H,25,26,27)/t13-,17-/m1/s1. The van der Waals surface area contributed by atoms with E-state index in [9.17, 15) is 18.7 Å². The minimum absolute atomic E-state index is 0.195. The van der Waals surface area contributed by atoms with E-state index in [4.69, 9.17) is 0 Å². The van der Waals surface area contributed by atoms with Gasteiger partial charge in [-0.2, -0.15) is 4.98 Å². The van der Waals surface area contributed by atoms with Crippen LogP contribution in [0.25, 0.3) is 11.0 Å². The van der Waals surface area contributed by atoms with Crippen LogP contribution in [0.5, 0.6) is 0 Å². The highest BCUT2D eigenvalue weighted by atomic mass is 19.3. The van der Waals surface area contributed by atoms with Gasteiger partial charge in [0.2, 0.25) is 11.8 Å². The Bertz CT molecular complexity index is 1020. The predicted molar refractivity (Wildman–Crippen MR) is 117 cm³/mol. The highest BCUT2D eigenvalue weighted by Gasteiger charge is 2.41. The number of piperidine rings is 1. The molecule has 0 aromatic carbocycles. The van der Waals surface area contributed by atoms with Crippen LogP contribution in [-0.2, 0) is 5.82 Å². The van der Waals surface area contributed by atoms with E-state index in [0.717, 1.165) is 25.9 Å². The Kier molecular flexibility index (Phi) is 5.17. The molecule has 4 rings (SSSR count). The van der Waals surface area contributed by atoms with E-state index < -0.39 is 28.6 Å². The number of nitrogens with one attached hydrogen (secondary N) is 2. The Labute approximate surface area is 175 Å². The smallest absolute Gasteiger partial charge is 0.260 e. The van der Waals surface area contributed by atoms with E-state index in [1.54, 1.807) is 6.92 Å². The number of fused-ring (bicyclic) bond motifs is 1. The summed E-state index contributed by atoms with van der Waals surface area (Å²) < 4.78 is 29.7. The molecule has 0 spiro atoms. The van der Waals surface area contributed by atoms with Crippen molar-refractivity contribution in [3.63, 3.8) is 0 Å². The largest absolute Gasteiger partial charge is 0.388 e. The number of nitrogens with zero attached hydrogens (tertiary/aromatic N) is 3. The summed E-state index contributed by atoms with van der Waals surface area (Å²) in [6.45, 7) is 3.40. The first-order valence-corrected chi connectivity index (χ1v) is 10.5. The second-order valence-corrected chi connectivity index (χ2v) is 9.29. The van der Waals surface area contributed by atoms with Crippen molar-refractivity contribution in [1.82, 2.24) is 19.9 Å². The molecule has 1 aliphatic heterocycles. The molecule has 3 heterocycles. The molecule has 2 aliphatic rings. The van der Waals surface area contributed by atoms with E-state index in [2.05, 4.69) is 28.4 Å². The van der Waals surface area contributed by atoms with Crippen molar-refractivity contribution in [2.24, 2.45) is 0 Å². The van der Waals surface area contributed by atoms with Gasteiger partial charge in [0.15, 0.2) is 7.85 Å². The summed E-state index contributed by atoms with van der Waals surface area (Å²) in [6, 6.07) is 0.556. The Morgan fingerprint density at radius 3 is 2.67 bits per heavy atom. The number of hydrogen-bond acceptors (Lipinski definition) is 6. The first kappa shape index (κ1) is 21.2. The summed E-state index contributed by atoms with van der Waals surface area (Å²) in [5.74, 6) is -2.95. The molecule has 160 valence electrons. The van der Waals surface area contributed by atoms with Crippen LogP contribution >= 0.6 is 0 Å². The summed E-state index contributed by atoms with van der Waals surface area (Å²) in [5, 5.41) is 17.9. The molecule has 0 radical (unpaired) electrons. The Balaban J connectivity index is 1.88. The molecule has 2 fully saturated rings. The molecule has 1 aliphatic carbocycles. The summed E-state index contributed by atoms with van der Waals surface area (Å²) in [6.07, 6.45) is 4.99. The third-order valence-electron chi connectivity index (χ3n) is 6.56. The molecule has 1 saturated heterocycles. The fraction of sp³-hybridized carbons (Fsp3) is 0.632. The maximum absolute atomic E-state index is 14.2.